The lowest BCUT2D eigenvalue weighted by Crippen LogP contribution is -2.44. The molecule has 0 unspecified atom stereocenters. The van der Waals surface area contributed by atoms with Crippen LogP contribution in [-0.4, -0.2) is 28.7 Å². The van der Waals surface area contributed by atoms with Gasteiger partial charge < -0.3 is 15.8 Å². The maximum absolute atomic E-state index is 13.6. The van der Waals surface area contributed by atoms with Gasteiger partial charge in [-0.25, -0.2) is 8.78 Å². The van der Waals surface area contributed by atoms with E-state index < -0.39 is 23.6 Å². The van der Waals surface area contributed by atoms with E-state index in [9.17, 15) is 23.6 Å². The monoisotopic (exact) mass is 447 g/mol. The predicted octanol–water partition coefficient (Wildman–Crippen LogP) is 4.06. The molecule has 166 valence electrons. The number of oxime groups is 1. The van der Waals surface area contributed by atoms with Crippen LogP contribution in [0.5, 0.6) is 0 Å². The number of amides is 1. The van der Waals surface area contributed by atoms with E-state index in [4.69, 9.17) is 0 Å². The molecule has 0 saturated carbocycles. The van der Waals surface area contributed by atoms with Crippen LogP contribution < -0.4 is 10.6 Å². The van der Waals surface area contributed by atoms with Gasteiger partial charge in [-0.2, -0.15) is 0 Å². The normalized spacial score (nSPS) is 14.9. The fourth-order valence-corrected chi connectivity index (χ4v) is 3.62. The Morgan fingerprint density at radius 1 is 0.939 bits per heavy atom. The predicted molar refractivity (Wildman–Crippen MR) is 119 cm³/mol. The molecule has 0 heterocycles. The molecule has 0 spiro atoms. The van der Waals surface area contributed by atoms with Gasteiger partial charge in [-0.05, 0) is 23.8 Å². The number of nitrogens with one attached hydrogen (secondary N) is 2. The van der Waals surface area contributed by atoms with Crippen LogP contribution in [0.2, 0.25) is 0 Å². The number of nitrogens with zero attached hydrogens (tertiary/aromatic N) is 1. The summed E-state index contributed by atoms with van der Waals surface area (Å²) in [5.74, 6) is -2.63. The topological polar surface area (TPSA) is 90.8 Å². The fraction of sp³-hybridized carbons (Fsp3) is 0.0800. The molecule has 0 aromatic heterocycles. The van der Waals surface area contributed by atoms with Gasteiger partial charge in [-0.15, -0.1) is 0 Å². The summed E-state index contributed by atoms with van der Waals surface area (Å²) in [6.45, 7) is 0. The van der Waals surface area contributed by atoms with Gasteiger partial charge in [-0.1, -0.05) is 59.8 Å². The molecule has 1 amide bonds. The second-order valence-electron chi connectivity index (χ2n) is 7.45. The second-order valence-corrected chi connectivity index (χ2v) is 7.45. The number of carbonyl (C=O) groups excluding carboxylic acids is 2. The Hall–Kier alpha value is -4.33. The van der Waals surface area contributed by atoms with Crippen molar-refractivity contribution < 1.29 is 23.6 Å². The number of hydrogen-bond donors (Lipinski definition) is 3. The molecule has 0 fully saturated rings. The Kier molecular flexibility index (Phi) is 6.26. The molecular formula is C25H19F2N3O3. The molecule has 1 aliphatic carbocycles. The standard InChI is InChI=1S/C25H19F2N3O3/c26-16-11-17(27)13-18(12-16)28-25(32)23(10-15-6-2-1-3-7-15)29-22-14-21(30-33)19-8-4-5-9-20(19)24(22)31/h1-9,11-14,23,29,33H,10H2,(H,28,32)/t23-/m1/s1. The molecule has 3 aromatic carbocycles. The summed E-state index contributed by atoms with van der Waals surface area (Å²) in [5, 5.41) is 18.1. The molecule has 0 bridgehead atoms. The average molecular weight is 447 g/mol. The maximum atomic E-state index is 13.6. The Balaban J connectivity index is 1.64. The highest BCUT2D eigenvalue weighted by molar-refractivity contribution is 6.26. The number of benzene rings is 3. The summed E-state index contributed by atoms with van der Waals surface area (Å²) in [7, 11) is 0. The first-order valence-electron chi connectivity index (χ1n) is 10.1. The Morgan fingerprint density at radius 3 is 2.24 bits per heavy atom. The molecule has 8 heteroatoms. The van der Waals surface area contributed by atoms with Crippen LogP contribution in [0.25, 0.3) is 0 Å². The van der Waals surface area contributed by atoms with Gasteiger partial charge in [0.2, 0.25) is 11.7 Å². The molecule has 4 rings (SSSR count). The van der Waals surface area contributed by atoms with Crippen LogP contribution in [0.15, 0.2) is 89.7 Å². The Morgan fingerprint density at radius 2 is 1.58 bits per heavy atom. The Labute approximate surface area is 188 Å². The van der Waals surface area contributed by atoms with Crippen LogP contribution in [0.3, 0.4) is 0 Å². The van der Waals surface area contributed by atoms with E-state index in [0.29, 0.717) is 17.2 Å². The lowest BCUT2D eigenvalue weighted by molar-refractivity contribution is -0.117. The summed E-state index contributed by atoms with van der Waals surface area (Å²) in [5.41, 5.74) is 1.76. The van der Waals surface area contributed by atoms with Crippen molar-refractivity contribution in [3.8, 4) is 0 Å². The van der Waals surface area contributed by atoms with Gasteiger partial charge in [0.25, 0.3) is 0 Å². The van der Waals surface area contributed by atoms with Gasteiger partial charge in [-0.3, -0.25) is 9.59 Å². The zero-order chi connectivity index (χ0) is 23.4. The zero-order valence-corrected chi connectivity index (χ0v) is 17.3. The first kappa shape index (κ1) is 21.9. The van der Waals surface area contributed by atoms with Crippen LogP contribution in [0.1, 0.15) is 21.5 Å². The van der Waals surface area contributed by atoms with Crippen molar-refractivity contribution >= 4 is 23.1 Å². The molecule has 0 radical (unpaired) electrons. The number of hydrogen-bond acceptors (Lipinski definition) is 5. The van der Waals surface area contributed by atoms with Crippen molar-refractivity contribution in [3.63, 3.8) is 0 Å². The van der Waals surface area contributed by atoms with Gasteiger partial charge in [0.1, 0.15) is 23.4 Å². The third kappa shape index (κ3) is 4.95. The molecule has 0 saturated heterocycles. The smallest absolute Gasteiger partial charge is 0.247 e. The Bertz CT molecular complexity index is 1250. The first-order chi connectivity index (χ1) is 15.9. The highest BCUT2D eigenvalue weighted by Crippen LogP contribution is 2.22. The van der Waals surface area contributed by atoms with Gasteiger partial charge >= 0.3 is 0 Å². The third-order valence-corrected chi connectivity index (χ3v) is 5.14. The average Bonchev–Trinajstić information content (AvgIpc) is 2.80. The second kappa shape index (κ2) is 9.44. The number of anilines is 1. The highest BCUT2D eigenvalue weighted by Gasteiger charge is 2.28. The molecule has 1 atom stereocenters. The largest absolute Gasteiger partial charge is 0.410 e. The summed E-state index contributed by atoms with van der Waals surface area (Å²) >= 11 is 0. The van der Waals surface area contributed by atoms with Crippen molar-refractivity contribution in [1.29, 1.82) is 0 Å². The minimum atomic E-state index is -0.973. The number of halogens is 2. The number of Topliss-reactive ketones (excluding diaryl/α,β-unsaturated/α-hetero) is 1. The lowest BCUT2D eigenvalue weighted by Gasteiger charge is -2.24. The van der Waals surface area contributed by atoms with Gasteiger partial charge in [0, 0.05) is 29.3 Å². The van der Waals surface area contributed by atoms with Crippen LogP contribution in [-0.2, 0) is 11.2 Å². The molecule has 1 aliphatic rings. The molecule has 3 aromatic rings. The molecule has 0 aliphatic heterocycles. The van der Waals surface area contributed by atoms with Crippen molar-refractivity contribution in [2.75, 3.05) is 5.32 Å². The SMILES string of the molecule is O=C1C(N[C@H](Cc2ccccc2)C(=O)Nc2cc(F)cc(F)c2)=CC(=NO)c2ccccc21. The summed E-state index contributed by atoms with van der Waals surface area (Å²) in [4.78, 5) is 26.1. The number of rotatable bonds is 6. The molecule has 33 heavy (non-hydrogen) atoms. The minimum absolute atomic E-state index is 0.0516. The van der Waals surface area contributed by atoms with E-state index in [1.54, 1.807) is 24.3 Å². The van der Waals surface area contributed by atoms with E-state index in [2.05, 4.69) is 15.8 Å². The number of fused-ring (bicyclic) bond motifs is 1. The third-order valence-electron chi connectivity index (χ3n) is 5.14. The van der Waals surface area contributed by atoms with E-state index in [-0.39, 0.29) is 29.3 Å². The fourth-order valence-electron chi connectivity index (χ4n) is 3.62. The van der Waals surface area contributed by atoms with Crippen molar-refractivity contribution in [3.05, 3.63) is 113 Å². The molecular weight excluding hydrogens is 428 g/mol. The van der Waals surface area contributed by atoms with E-state index in [1.165, 1.54) is 6.08 Å². The molecule has 6 nitrogen and oxygen atoms in total. The van der Waals surface area contributed by atoms with Crippen molar-refractivity contribution in [1.82, 2.24) is 5.32 Å². The van der Waals surface area contributed by atoms with Crippen molar-refractivity contribution in [2.45, 2.75) is 12.5 Å². The maximum Gasteiger partial charge on any atom is 0.247 e. The van der Waals surface area contributed by atoms with Gasteiger partial charge in [0.15, 0.2) is 0 Å². The van der Waals surface area contributed by atoms with Gasteiger partial charge in [0.05, 0.1) is 5.70 Å². The van der Waals surface area contributed by atoms with E-state index in [1.807, 2.05) is 30.3 Å². The first-order valence-corrected chi connectivity index (χ1v) is 10.1. The highest BCUT2D eigenvalue weighted by atomic mass is 19.1. The number of allylic oxidation sites excluding steroid dienone is 2. The summed E-state index contributed by atoms with van der Waals surface area (Å²) < 4.78 is 27.2. The van der Waals surface area contributed by atoms with E-state index >= 15 is 0 Å². The number of ketones is 1. The van der Waals surface area contributed by atoms with Crippen molar-refractivity contribution in [2.24, 2.45) is 5.16 Å². The lowest BCUT2D eigenvalue weighted by atomic mass is 9.91. The summed E-state index contributed by atoms with van der Waals surface area (Å²) in [6.07, 6.45) is 1.54. The molecule has 3 N–H and O–H groups in total. The zero-order valence-electron chi connectivity index (χ0n) is 17.3. The van der Waals surface area contributed by atoms with Crippen LogP contribution >= 0.6 is 0 Å². The van der Waals surface area contributed by atoms with Crippen LogP contribution in [0.4, 0.5) is 14.5 Å². The summed E-state index contributed by atoms with van der Waals surface area (Å²) in [6, 6.07) is 17.5. The van der Waals surface area contributed by atoms with E-state index in [0.717, 1.165) is 17.7 Å². The number of carbonyl (C=O) groups is 2. The minimum Gasteiger partial charge on any atom is -0.410 e. The van der Waals surface area contributed by atoms with Crippen LogP contribution in [0, 0.1) is 11.6 Å². The quantitative estimate of drug-likeness (QED) is 0.393.